The Morgan fingerprint density at radius 2 is 2.29 bits per heavy atom. The van der Waals surface area contributed by atoms with Crippen LogP contribution in [0.15, 0.2) is 9.72 Å². The fourth-order valence-corrected chi connectivity index (χ4v) is 4.97. The van der Waals surface area contributed by atoms with Crippen molar-refractivity contribution < 1.29 is 17.9 Å². The summed E-state index contributed by atoms with van der Waals surface area (Å²) in [7, 11) is -0.553. The number of nitrogens with zero attached hydrogens (tertiary/aromatic N) is 2. The van der Waals surface area contributed by atoms with Gasteiger partial charge < -0.3 is 9.64 Å². The molecule has 1 aliphatic heterocycles. The molecule has 1 N–H and O–H groups in total. The van der Waals surface area contributed by atoms with Crippen LogP contribution in [0.1, 0.15) is 23.8 Å². The first-order chi connectivity index (χ1) is 9.85. The molecule has 1 aromatic rings. The van der Waals surface area contributed by atoms with Gasteiger partial charge in [0.1, 0.15) is 0 Å². The van der Waals surface area contributed by atoms with E-state index in [9.17, 15) is 13.2 Å². The van der Waals surface area contributed by atoms with E-state index in [1.807, 2.05) is 14.0 Å². The van der Waals surface area contributed by atoms with Gasteiger partial charge in [0.25, 0.3) is 10.0 Å². The number of aromatic nitrogens is 1. The molecule has 0 aliphatic carbocycles. The summed E-state index contributed by atoms with van der Waals surface area (Å²) in [6, 6.07) is -0.140. The summed E-state index contributed by atoms with van der Waals surface area (Å²) in [6.07, 6.45) is 0.739. The first kappa shape index (κ1) is 16.3. The Morgan fingerprint density at radius 1 is 1.57 bits per heavy atom. The van der Waals surface area contributed by atoms with Gasteiger partial charge >= 0.3 is 5.97 Å². The summed E-state index contributed by atoms with van der Waals surface area (Å²) in [6.45, 7) is 3.68. The molecule has 2 heterocycles. The van der Waals surface area contributed by atoms with Crippen LogP contribution in [0.5, 0.6) is 0 Å². The highest BCUT2D eigenvalue weighted by Gasteiger charge is 2.32. The predicted molar refractivity (Wildman–Crippen MR) is 78.8 cm³/mol. The number of carbonyl (C=O) groups excluding carboxylic acids is 1. The van der Waals surface area contributed by atoms with Crippen molar-refractivity contribution in [2.24, 2.45) is 5.92 Å². The second-order valence-electron chi connectivity index (χ2n) is 5.24. The minimum atomic E-state index is -3.77. The van der Waals surface area contributed by atoms with Gasteiger partial charge in [0, 0.05) is 12.6 Å². The van der Waals surface area contributed by atoms with E-state index in [0.29, 0.717) is 0 Å². The van der Waals surface area contributed by atoms with Gasteiger partial charge in [-0.05, 0) is 25.9 Å². The topological polar surface area (TPSA) is 88.6 Å². The van der Waals surface area contributed by atoms with E-state index in [1.165, 1.54) is 12.6 Å². The van der Waals surface area contributed by atoms with Crippen LogP contribution in [0.3, 0.4) is 0 Å². The minimum Gasteiger partial charge on any atom is -0.464 e. The molecule has 1 aliphatic rings. The maximum Gasteiger partial charge on any atom is 0.358 e. The number of sulfonamides is 1. The first-order valence-corrected chi connectivity index (χ1v) is 8.94. The standard InChI is InChI=1S/C12H19N3O4S2/c1-8-6-15(2)5-4-9(8)14-21(17,18)12-10(11(16)19-3)13-7-20-12/h7-9,14H,4-6H2,1-3H3. The number of hydrogen-bond donors (Lipinski definition) is 1. The van der Waals surface area contributed by atoms with Crippen molar-refractivity contribution in [2.45, 2.75) is 23.6 Å². The second kappa shape index (κ2) is 6.39. The zero-order valence-corrected chi connectivity index (χ0v) is 13.8. The van der Waals surface area contributed by atoms with Gasteiger partial charge in [-0.15, -0.1) is 11.3 Å². The number of thiazole rings is 1. The van der Waals surface area contributed by atoms with Crippen molar-refractivity contribution in [1.29, 1.82) is 0 Å². The molecule has 21 heavy (non-hydrogen) atoms. The Balaban J connectivity index is 2.19. The highest BCUT2D eigenvalue weighted by molar-refractivity contribution is 7.91. The summed E-state index contributed by atoms with van der Waals surface area (Å²) in [5.41, 5.74) is 1.18. The second-order valence-corrected chi connectivity index (χ2v) is 8.00. The SMILES string of the molecule is COC(=O)c1ncsc1S(=O)(=O)NC1CCN(C)CC1C. The Kier molecular flexibility index (Phi) is 4.97. The van der Waals surface area contributed by atoms with Crippen LogP contribution < -0.4 is 4.72 Å². The summed E-state index contributed by atoms with van der Waals surface area (Å²) >= 11 is 0.918. The predicted octanol–water partition coefficient (Wildman–Crippen LogP) is 0.548. The Hall–Kier alpha value is -1.03. The van der Waals surface area contributed by atoms with Crippen molar-refractivity contribution in [2.75, 3.05) is 27.2 Å². The van der Waals surface area contributed by atoms with E-state index >= 15 is 0 Å². The van der Waals surface area contributed by atoms with Crippen molar-refractivity contribution in [3.8, 4) is 0 Å². The highest BCUT2D eigenvalue weighted by atomic mass is 32.2. The molecule has 1 fully saturated rings. The Bertz CT molecular complexity index is 614. The normalized spacial score (nSPS) is 24.0. The molecule has 0 aromatic carbocycles. The molecule has 2 unspecified atom stereocenters. The summed E-state index contributed by atoms with van der Waals surface area (Å²) in [5.74, 6) is -0.541. The van der Waals surface area contributed by atoms with E-state index in [1.54, 1.807) is 0 Å². The van der Waals surface area contributed by atoms with Gasteiger partial charge in [0.05, 0.1) is 12.6 Å². The van der Waals surface area contributed by atoms with Crippen LogP contribution in [-0.2, 0) is 14.8 Å². The number of nitrogens with one attached hydrogen (secondary N) is 1. The average Bonchev–Trinajstić information content (AvgIpc) is 2.91. The number of ether oxygens (including phenoxy) is 1. The summed E-state index contributed by atoms with van der Waals surface area (Å²) in [4.78, 5) is 17.5. The number of carbonyl (C=O) groups is 1. The zero-order chi connectivity index (χ0) is 15.6. The van der Waals surface area contributed by atoms with Gasteiger partial charge in [-0.25, -0.2) is 22.9 Å². The Morgan fingerprint density at radius 3 is 2.90 bits per heavy atom. The van der Waals surface area contributed by atoms with Crippen molar-refractivity contribution in [3.63, 3.8) is 0 Å². The molecular weight excluding hydrogens is 314 g/mol. The quantitative estimate of drug-likeness (QED) is 0.810. The van der Waals surface area contributed by atoms with Gasteiger partial charge in [-0.2, -0.15) is 0 Å². The molecule has 0 amide bonds. The van der Waals surface area contributed by atoms with E-state index in [2.05, 4.69) is 19.3 Å². The van der Waals surface area contributed by atoms with E-state index < -0.39 is 16.0 Å². The molecule has 2 atom stereocenters. The molecule has 118 valence electrons. The zero-order valence-electron chi connectivity index (χ0n) is 12.2. The molecule has 9 heteroatoms. The van der Waals surface area contributed by atoms with Crippen LogP contribution in [0.2, 0.25) is 0 Å². The monoisotopic (exact) mass is 333 g/mol. The minimum absolute atomic E-state index is 0.0829. The van der Waals surface area contributed by atoms with E-state index in [-0.39, 0.29) is 21.9 Å². The lowest BCUT2D eigenvalue weighted by Gasteiger charge is -2.34. The first-order valence-electron chi connectivity index (χ1n) is 6.58. The van der Waals surface area contributed by atoms with Crippen molar-refractivity contribution >= 4 is 27.3 Å². The number of esters is 1. The number of hydrogen-bond acceptors (Lipinski definition) is 7. The summed E-state index contributed by atoms with van der Waals surface area (Å²) < 4.78 is 32.1. The maximum absolute atomic E-state index is 12.5. The molecule has 2 rings (SSSR count). The van der Waals surface area contributed by atoms with Crippen LogP contribution in [0, 0.1) is 5.92 Å². The molecular formula is C12H19N3O4S2. The largest absolute Gasteiger partial charge is 0.464 e. The smallest absolute Gasteiger partial charge is 0.358 e. The van der Waals surface area contributed by atoms with Gasteiger partial charge in [-0.3, -0.25) is 0 Å². The third kappa shape index (κ3) is 3.60. The molecule has 7 nitrogen and oxygen atoms in total. The number of methoxy groups -OCH3 is 1. The fourth-order valence-electron chi connectivity index (χ4n) is 2.44. The average molecular weight is 333 g/mol. The van der Waals surface area contributed by atoms with Gasteiger partial charge in [-0.1, -0.05) is 6.92 Å². The summed E-state index contributed by atoms with van der Waals surface area (Å²) in [5, 5.41) is 0. The molecule has 0 radical (unpaired) electrons. The van der Waals surface area contributed by atoms with Gasteiger partial charge in [0.15, 0.2) is 9.90 Å². The van der Waals surface area contributed by atoms with Crippen LogP contribution in [-0.4, -0.2) is 57.6 Å². The van der Waals surface area contributed by atoms with Crippen LogP contribution in [0.4, 0.5) is 0 Å². The molecule has 1 saturated heterocycles. The lowest BCUT2D eigenvalue weighted by atomic mass is 9.95. The van der Waals surface area contributed by atoms with Crippen LogP contribution in [0.25, 0.3) is 0 Å². The van der Waals surface area contributed by atoms with Crippen molar-refractivity contribution in [3.05, 3.63) is 11.2 Å². The molecule has 0 bridgehead atoms. The maximum atomic E-state index is 12.5. The van der Waals surface area contributed by atoms with E-state index in [4.69, 9.17) is 0 Å². The van der Waals surface area contributed by atoms with E-state index in [0.717, 1.165) is 30.8 Å². The Labute approximate surface area is 128 Å². The third-order valence-corrected chi connectivity index (χ3v) is 6.43. The third-order valence-electron chi connectivity index (χ3n) is 3.57. The molecule has 0 saturated carbocycles. The molecule has 0 spiro atoms. The number of rotatable bonds is 4. The molecule has 1 aromatic heterocycles. The highest BCUT2D eigenvalue weighted by Crippen LogP contribution is 2.23. The van der Waals surface area contributed by atoms with Crippen LogP contribution >= 0.6 is 11.3 Å². The number of likely N-dealkylation sites (tertiary alicyclic amines) is 1. The number of piperidine rings is 1. The lowest BCUT2D eigenvalue weighted by molar-refractivity contribution is 0.0590. The van der Waals surface area contributed by atoms with Gasteiger partial charge in [0.2, 0.25) is 0 Å². The van der Waals surface area contributed by atoms with Crippen molar-refractivity contribution in [1.82, 2.24) is 14.6 Å². The fraction of sp³-hybridized carbons (Fsp3) is 0.667. The lowest BCUT2D eigenvalue weighted by Crippen LogP contribution is -2.48.